The first kappa shape index (κ1) is 12.5. The minimum absolute atomic E-state index is 0.0330. The van der Waals surface area contributed by atoms with Crippen LogP contribution in [0.2, 0.25) is 5.02 Å². The Morgan fingerprint density at radius 1 is 1.06 bits per heavy atom. The standard InChI is InChI=1S/C11H6ClF3N2O/c12-6-2-1-5(3-7(6)13)18-11-9(15)4-8(14)10(16)17-11/h1-4H,(H2,16,17). The van der Waals surface area contributed by atoms with Gasteiger partial charge in [0, 0.05) is 12.1 Å². The molecule has 0 aliphatic carbocycles. The van der Waals surface area contributed by atoms with Gasteiger partial charge >= 0.3 is 0 Å². The predicted molar refractivity (Wildman–Crippen MR) is 60.0 cm³/mol. The number of rotatable bonds is 2. The molecule has 0 amide bonds. The SMILES string of the molecule is Nc1nc(Oc2ccc(Cl)c(F)c2)c(F)cc1F. The predicted octanol–water partition coefficient (Wildman–Crippen LogP) is 3.53. The lowest BCUT2D eigenvalue weighted by atomic mass is 10.3. The van der Waals surface area contributed by atoms with Crippen LogP contribution in [0.1, 0.15) is 0 Å². The van der Waals surface area contributed by atoms with E-state index in [2.05, 4.69) is 4.98 Å². The molecule has 0 atom stereocenters. The molecule has 0 fully saturated rings. The Morgan fingerprint density at radius 3 is 2.44 bits per heavy atom. The summed E-state index contributed by atoms with van der Waals surface area (Å²) in [6.45, 7) is 0. The molecule has 2 N–H and O–H groups in total. The number of nitrogens with zero attached hydrogens (tertiary/aromatic N) is 1. The average Bonchev–Trinajstić information content (AvgIpc) is 2.31. The molecular formula is C11H6ClF3N2O. The molecule has 0 aliphatic rings. The van der Waals surface area contributed by atoms with Crippen molar-refractivity contribution < 1.29 is 17.9 Å². The molecule has 0 radical (unpaired) electrons. The van der Waals surface area contributed by atoms with Crippen LogP contribution in [-0.2, 0) is 0 Å². The van der Waals surface area contributed by atoms with Crippen molar-refractivity contribution >= 4 is 17.4 Å². The molecule has 94 valence electrons. The van der Waals surface area contributed by atoms with Crippen molar-refractivity contribution in [2.75, 3.05) is 5.73 Å². The zero-order valence-corrected chi connectivity index (χ0v) is 9.51. The maximum Gasteiger partial charge on any atom is 0.258 e. The fourth-order valence-electron chi connectivity index (χ4n) is 1.19. The molecule has 7 heteroatoms. The van der Waals surface area contributed by atoms with Crippen LogP contribution in [0.25, 0.3) is 0 Å². The van der Waals surface area contributed by atoms with Gasteiger partial charge in [0.2, 0.25) is 0 Å². The van der Waals surface area contributed by atoms with Gasteiger partial charge in [-0.3, -0.25) is 0 Å². The molecule has 0 spiro atoms. The maximum absolute atomic E-state index is 13.3. The summed E-state index contributed by atoms with van der Waals surface area (Å²) < 4.78 is 44.2. The van der Waals surface area contributed by atoms with Crippen LogP contribution in [0.4, 0.5) is 19.0 Å². The van der Waals surface area contributed by atoms with E-state index in [1.807, 2.05) is 0 Å². The Balaban J connectivity index is 2.34. The minimum Gasteiger partial charge on any atom is -0.436 e. The molecule has 0 bridgehead atoms. The van der Waals surface area contributed by atoms with Crippen LogP contribution < -0.4 is 10.5 Å². The number of anilines is 1. The second-order valence-electron chi connectivity index (χ2n) is 3.32. The van der Waals surface area contributed by atoms with E-state index >= 15 is 0 Å². The molecule has 0 unspecified atom stereocenters. The van der Waals surface area contributed by atoms with Gasteiger partial charge in [-0.2, -0.15) is 4.98 Å². The Morgan fingerprint density at radius 2 is 1.78 bits per heavy atom. The van der Waals surface area contributed by atoms with E-state index in [-0.39, 0.29) is 10.8 Å². The highest BCUT2D eigenvalue weighted by atomic mass is 35.5. The average molecular weight is 275 g/mol. The number of pyridine rings is 1. The lowest BCUT2D eigenvalue weighted by Gasteiger charge is -2.07. The molecule has 3 nitrogen and oxygen atoms in total. The monoisotopic (exact) mass is 274 g/mol. The zero-order chi connectivity index (χ0) is 13.3. The van der Waals surface area contributed by atoms with E-state index in [0.717, 1.165) is 6.07 Å². The summed E-state index contributed by atoms with van der Waals surface area (Å²) in [7, 11) is 0. The third kappa shape index (κ3) is 2.48. The lowest BCUT2D eigenvalue weighted by molar-refractivity contribution is 0.415. The maximum atomic E-state index is 13.3. The van der Waals surface area contributed by atoms with Crippen LogP contribution in [0.5, 0.6) is 11.6 Å². The zero-order valence-electron chi connectivity index (χ0n) is 8.75. The van der Waals surface area contributed by atoms with Crippen molar-refractivity contribution in [3.8, 4) is 11.6 Å². The molecule has 1 heterocycles. The van der Waals surface area contributed by atoms with Crippen LogP contribution in [0, 0.1) is 17.5 Å². The van der Waals surface area contributed by atoms with Gasteiger partial charge in [-0.1, -0.05) is 11.6 Å². The first-order chi connectivity index (χ1) is 8.47. The Hall–Kier alpha value is -1.95. The highest BCUT2D eigenvalue weighted by Crippen LogP contribution is 2.27. The number of hydrogen-bond donors (Lipinski definition) is 1. The largest absolute Gasteiger partial charge is 0.436 e. The third-order valence-corrected chi connectivity index (χ3v) is 2.34. The molecule has 2 aromatic rings. The molecule has 0 saturated carbocycles. The van der Waals surface area contributed by atoms with Gasteiger partial charge in [-0.25, -0.2) is 13.2 Å². The van der Waals surface area contributed by atoms with Gasteiger partial charge in [0.25, 0.3) is 5.88 Å². The Kier molecular flexibility index (Phi) is 3.29. The van der Waals surface area contributed by atoms with Gasteiger partial charge < -0.3 is 10.5 Å². The summed E-state index contributed by atoms with van der Waals surface area (Å²) in [5.41, 5.74) is 5.17. The van der Waals surface area contributed by atoms with Crippen LogP contribution in [0.3, 0.4) is 0 Å². The van der Waals surface area contributed by atoms with Crippen LogP contribution in [-0.4, -0.2) is 4.98 Å². The number of ether oxygens (including phenoxy) is 1. The highest BCUT2D eigenvalue weighted by molar-refractivity contribution is 6.30. The number of hydrogen-bond acceptors (Lipinski definition) is 3. The number of nitrogen functional groups attached to an aromatic ring is 1. The van der Waals surface area contributed by atoms with E-state index in [9.17, 15) is 13.2 Å². The number of benzene rings is 1. The molecule has 0 saturated heterocycles. The van der Waals surface area contributed by atoms with E-state index in [0.29, 0.717) is 6.07 Å². The number of halogens is 4. The fraction of sp³-hybridized carbons (Fsp3) is 0. The molecule has 0 aliphatic heterocycles. The van der Waals surface area contributed by atoms with Gasteiger partial charge in [0.05, 0.1) is 5.02 Å². The molecule has 1 aromatic carbocycles. The molecule has 2 rings (SSSR count). The fourth-order valence-corrected chi connectivity index (χ4v) is 1.30. The van der Waals surface area contributed by atoms with Crippen molar-refractivity contribution in [1.29, 1.82) is 0 Å². The normalized spacial score (nSPS) is 10.4. The lowest BCUT2D eigenvalue weighted by Crippen LogP contribution is -2.00. The Labute approximate surface area is 105 Å². The summed E-state index contributed by atoms with van der Waals surface area (Å²) >= 11 is 5.47. The summed E-state index contributed by atoms with van der Waals surface area (Å²) in [6, 6.07) is 4.02. The van der Waals surface area contributed by atoms with Crippen LogP contribution in [0.15, 0.2) is 24.3 Å². The van der Waals surface area contributed by atoms with E-state index in [1.165, 1.54) is 12.1 Å². The van der Waals surface area contributed by atoms with E-state index < -0.39 is 29.1 Å². The smallest absolute Gasteiger partial charge is 0.258 e. The summed E-state index contributed by atoms with van der Waals surface area (Å²) in [4.78, 5) is 3.37. The van der Waals surface area contributed by atoms with Crippen molar-refractivity contribution in [3.63, 3.8) is 0 Å². The molecular weight excluding hydrogens is 269 g/mol. The topological polar surface area (TPSA) is 48.1 Å². The summed E-state index contributed by atoms with van der Waals surface area (Å²) in [5.74, 6) is -3.87. The first-order valence-electron chi connectivity index (χ1n) is 4.72. The van der Waals surface area contributed by atoms with Gasteiger partial charge in [0.15, 0.2) is 17.5 Å². The number of aromatic nitrogens is 1. The summed E-state index contributed by atoms with van der Waals surface area (Å²) in [6.07, 6.45) is 0. The van der Waals surface area contributed by atoms with E-state index in [4.69, 9.17) is 22.1 Å². The molecule has 1 aromatic heterocycles. The minimum atomic E-state index is -1.04. The Bertz CT molecular complexity index is 607. The highest BCUT2D eigenvalue weighted by Gasteiger charge is 2.12. The summed E-state index contributed by atoms with van der Waals surface area (Å²) in [5, 5.41) is -0.102. The second-order valence-corrected chi connectivity index (χ2v) is 3.73. The van der Waals surface area contributed by atoms with Crippen molar-refractivity contribution in [1.82, 2.24) is 4.98 Å². The molecule has 18 heavy (non-hydrogen) atoms. The third-order valence-electron chi connectivity index (χ3n) is 2.03. The first-order valence-corrected chi connectivity index (χ1v) is 5.09. The van der Waals surface area contributed by atoms with Crippen molar-refractivity contribution in [2.45, 2.75) is 0 Å². The van der Waals surface area contributed by atoms with Crippen molar-refractivity contribution in [2.24, 2.45) is 0 Å². The quantitative estimate of drug-likeness (QED) is 0.911. The van der Waals surface area contributed by atoms with Gasteiger partial charge in [-0.15, -0.1) is 0 Å². The van der Waals surface area contributed by atoms with Crippen LogP contribution >= 0.6 is 11.6 Å². The van der Waals surface area contributed by atoms with Crippen molar-refractivity contribution in [3.05, 3.63) is 46.7 Å². The number of nitrogens with two attached hydrogens (primary N) is 1. The van der Waals surface area contributed by atoms with Gasteiger partial charge in [-0.05, 0) is 12.1 Å². The second kappa shape index (κ2) is 4.73. The van der Waals surface area contributed by atoms with Gasteiger partial charge in [0.1, 0.15) is 11.6 Å². The van der Waals surface area contributed by atoms with E-state index in [1.54, 1.807) is 0 Å².